The molecule has 2 atom stereocenters. The third-order valence-corrected chi connectivity index (χ3v) is 4.42. The first kappa shape index (κ1) is 14.8. The van der Waals surface area contributed by atoms with Gasteiger partial charge in [-0.2, -0.15) is 0 Å². The van der Waals surface area contributed by atoms with Gasteiger partial charge in [-0.3, -0.25) is 14.6 Å². The summed E-state index contributed by atoms with van der Waals surface area (Å²) in [4.78, 5) is 16.0. The summed E-state index contributed by atoms with van der Waals surface area (Å²) in [7, 11) is 0. The van der Waals surface area contributed by atoms with E-state index in [9.17, 15) is 9.90 Å². The summed E-state index contributed by atoms with van der Waals surface area (Å²) in [5.74, 6) is -0.669. The number of hydrogen-bond acceptors (Lipinski definition) is 4. The van der Waals surface area contributed by atoms with Crippen LogP contribution >= 0.6 is 0 Å². The fraction of sp³-hybridized carbons (Fsp3) is 0.929. The van der Waals surface area contributed by atoms with E-state index in [1.54, 1.807) is 0 Å². The molecule has 5 heteroatoms. The van der Waals surface area contributed by atoms with E-state index in [2.05, 4.69) is 16.7 Å². The van der Waals surface area contributed by atoms with E-state index in [1.807, 2.05) is 6.92 Å². The van der Waals surface area contributed by atoms with Gasteiger partial charge in [0, 0.05) is 26.2 Å². The maximum absolute atomic E-state index is 11.3. The minimum Gasteiger partial charge on any atom is -0.481 e. The van der Waals surface area contributed by atoms with Crippen molar-refractivity contribution < 1.29 is 14.6 Å². The highest BCUT2D eigenvalue weighted by Gasteiger charge is 2.38. The quantitative estimate of drug-likeness (QED) is 0.822. The lowest BCUT2D eigenvalue weighted by Crippen LogP contribution is -2.52. The Hall–Kier alpha value is -0.650. The summed E-state index contributed by atoms with van der Waals surface area (Å²) in [5, 5.41) is 9.34. The Morgan fingerprint density at radius 1 is 1.42 bits per heavy atom. The van der Waals surface area contributed by atoms with Gasteiger partial charge in [0.15, 0.2) is 0 Å². The van der Waals surface area contributed by atoms with E-state index < -0.39 is 11.4 Å². The van der Waals surface area contributed by atoms with Crippen LogP contribution in [0.2, 0.25) is 0 Å². The van der Waals surface area contributed by atoms with Crippen LogP contribution in [0.1, 0.15) is 26.7 Å². The second-order valence-electron chi connectivity index (χ2n) is 6.09. The molecule has 0 amide bonds. The summed E-state index contributed by atoms with van der Waals surface area (Å²) >= 11 is 0. The number of carboxylic acids is 1. The topological polar surface area (TPSA) is 53.0 Å². The van der Waals surface area contributed by atoms with Gasteiger partial charge in [0.05, 0.1) is 18.1 Å². The first-order chi connectivity index (χ1) is 9.03. The largest absolute Gasteiger partial charge is 0.481 e. The summed E-state index contributed by atoms with van der Waals surface area (Å²) in [6, 6.07) is 0. The molecule has 110 valence electrons. The van der Waals surface area contributed by atoms with Crippen LogP contribution in [0.5, 0.6) is 0 Å². The third kappa shape index (κ3) is 3.68. The van der Waals surface area contributed by atoms with Crippen LogP contribution in [-0.2, 0) is 9.53 Å². The SMILES string of the molecule is CCN1CCOC(CN2CCCC(C)(C(=O)O)C2)C1. The van der Waals surface area contributed by atoms with E-state index in [0.717, 1.165) is 52.2 Å². The van der Waals surface area contributed by atoms with Crippen molar-refractivity contribution in [2.75, 3.05) is 45.9 Å². The molecular formula is C14H26N2O3. The molecule has 0 saturated carbocycles. The predicted molar refractivity (Wildman–Crippen MR) is 73.3 cm³/mol. The Morgan fingerprint density at radius 2 is 2.21 bits per heavy atom. The van der Waals surface area contributed by atoms with Crippen LogP contribution in [0.4, 0.5) is 0 Å². The van der Waals surface area contributed by atoms with E-state index in [0.29, 0.717) is 6.54 Å². The second-order valence-corrected chi connectivity index (χ2v) is 6.09. The van der Waals surface area contributed by atoms with Crippen molar-refractivity contribution in [3.63, 3.8) is 0 Å². The maximum atomic E-state index is 11.3. The van der Waals surface area contributed by atoms with Crippen LogP contribution in [0, 0.1) is 5.41 Å². The van der Waals surface area contributed by atoms with Crippen molar-refractivity contribution in [2.24, 2.45) is 5.41 Å². The first-order valence-corrected chi connectivity index (χ1v) is 7.33. The molecule has 0 aromatic heterocycles. The van der Waals surface area contributed by atoms with Crippen LogP contribution in [0.15, 0.2) is 0 Å². The van der Waals surface area contributed by atoms with E-state index >= 15 is 0 Å². The number of carboxylic acid groups (broad SMARTS) is 1. The predicted octanol–water partition coefficient (Wildman–Crippen LogP) is 0.894. The molecule has 0 aromatic rings. The highest BCUT2D eigenvalue weighted by atomic mass is 16.5. The number of ether oxygens (including phenoxy) is 1. The van der Waals surface area contributed by atoms with Crippen molar-refractivity contribution in [2.45, 2.75) is 32.8 Å². The van der Waals surface area contributed by atoms with Crippen molar-refractivity contribution in [3.05, 3.63) is 0 Å². The number of rotatable bonds is 4. The number of hydrogen-bond donors (Lipinski definition) is 1. The van der Waals surface area contributed by atoms with Gasteiger partial charge < -0.3 is 9.84 Å². The van der Waals surface area contributed by atoms with Gasteiger partial charge in [0.25, 0.3) is 0 Å². The zero-order valence-corrected chi connectivity index (χ0v) is 12.1. The molecule has 2 unspecified atom stereocenters. The number of aliphatic carboxylic acids is 1. The second kappa shape index (κ2) is 6.20. The Bertz CT molecular complexity index is 324. The van der Waals surface area contributed by atoms with Crippen molar-refractivity contribution in [1.29, 1.82) is 0 Å². The van der Waals surface area contributed by atoms with Crippen molar-refractivity contribution >= 4 is 5.97 Å². The number of nitrogens with zero attached hydrogens (tertiary/aromatic N) is 2. The standard InChI is InChI=1S/C14H26N2O3/c1-3-15-7-8-19-12(9-15)10-16-6-4-5-14(2,11-16)13(17)18/h12H,3-11H2,1-2H3,(H,17,18). The molecule has 0 aliphatic carbocycles. The van der Waals surface area contributed by atoms with Crippen molar-refractivity contribution in [3.8, 4) is 0 Å². The molecule has 19 heavy (non-hydrogen) atoms. The Morgan fingerprint density at radius 3 is 2.89 bits per heavy atom. The molecular weight excluding hydrogens is 244 g/mol. The van der Waals surface area contributed by atoms with Gasteiger partial charge >= 0.3 is 5.97 Å². The maximum Gasteiger partial charge on any atom is 0.310 e. The lowest BCUT2D eigenvalue weighted by Gasteiger charge is -2.40. The molecule has 2 aliphatic rings. The monoisotopic (exact) mass is 270 g/mol. The average molecular weight is 270 g/mol. The van der Waals surface area contributed by atoms with E-state index in [4.69, 9.17) is 4.74 Å². The fourth-order valence-electron chi connectivity index (χ4n) is 3.14. The van der Waals surface area contributed by atoms with Crippen molar-refractivity contribution in [1.82, 2.24) is 9.80 Å². The highest BCUT2D eigenvalue weighted by Crippen LogP contribution is 2.29. The first-order valence-electron chi connectivity index (χ1n) is 7.33. The van der Waals surface area contributed by atoms with Crippen LogP contribution in [-0.4, -0.2) is 72.9 Å². The molecule has 5 nitrogen and oxygen atoms in total. The van der Waals surface area contributed by atoms with Gasteiger partial charge in [0.1, 0.15) is 0 Å². The number of likely N-dealkylation sites (N-methyl/N-ethyl adjacent to an activating group) is 1. The molecule has 0 radical (unpaired) electrons. The van der Waals surface area contributed by atoms with E-state index in [-0.39, 0.29) is 6.10 Å². The van der Waals surface area contributed by atoms with Gasteiger partial charge in [-0.1, -0.05) is 6.92 Å². The molecule has 2 rings (SSSR count). The van der Waals surface area contributed by atoms with Gasteiger partial charge in [-0.25, -0.2) is 0 Å². The van der Waals surface area contributed by atoms with Gasteiger partial charge in [0.2, 0.25) is 0 Å². The van der Waals surface area contributed by atoms with Crippen LogP contribution < -0.4 is 0 Å². The minimum absolute atomic E-state index is 0.227. The fourth-order valence-corrected chi connectivity index (χ4v) is 3.14. The minimum atomic E-state index is -0.669. The number of likely N-dealkylation sites (tertiary alicyclic amines) is 1. The molecule has 2 aliphatic heterocycles. The Labute approximate surface area is 115 Å². The summed E-state index contributed by atoms with van der Waals surface area (Å²) in [6.45, 7) is 10.4. The number of morpholine rings is 1. The highest BCUT2D eigenvalue weighted by molar-refractivity contribution is 5.74. The molecule has 2 heterocycles. The molecule has 0 aromatic carbocycles. The average Bonchev–Trinajstić information content (AvgIpc) is 2.39. The number of carbonyl (C=O) groups is 1. The third-order valence-electron chi connectivity index (χ3n) is 4.42. The van der Waals surface area contributed by atoms with E-state index in [1.165, 1.54) is 0 Å². The molecule has 0 spiro atoms. The zero-order valence-electron chi connectivity index (χ0n) is 12.1. The Kier molecular flexibility index (Phi) is 4.81. The van der Waals surface area contributed by atoms with Crippen LogP contribution in [0.25, 0.3) is 0 Å². The summed E-state index contributed by atoms with van der Waals surface area (Å²) < 4.78 is 5.81. The number of piperidine rings is 1. The molecule has 2 saturated heterocycles. The van der Waals surface area contributed by atoms with Crippen LogP contribution in [0.3, 0.4) is 0 Å². The normalized spacial score (nSPS) is 34.3. The lowest BCUT2D eigenvalue weighted by molar-refractivity contribution is -0.152. The Balaban J connectivity index is 1.87. The molecule has 1 N–H and O–H groups in total. The smallest absolute Gasteiger partial charge is 0.310 e. The molecule has 0 bridgehead atoms. The van der Waals surface area contributed by atoms with Gasteiger partial charge in [-0.15, -0.1) is 0 Å². The summed E-state index contributed by atoms with van der Waals surface area (Å²) in [5.41, 5.74) is -0.586. The summed E-state index contributed by atoms with van der Waals surface area (Å²) in [6.07, 6.45) is 1.98. The lowest BCUT2D eigenvalue weighted by atomic mass is 9.82. The van der Waals surface area contributed by atoms with Gasteiger partial charge in [-0.05, 0) is 32.9 Å². The molecule has 2 fully saturated rings. The zero-order chi connectivity index (χ0) is 13.9.